The van der Waals surface area contributed by atoms with Crippen LogP contribution in [-0.4, -0.2) is 41.7 Å². The predicted octanol–water partition coefficient (Wildman–Crippen LogP) is 2.91. The summed E-state index contributed by atoms with van der Waals surface area (Å²) in [7, 11) is 0. The van der Waals surface area contributed by atoms with Gasteiger partial charge in [0.25, 0.3) is 0 Å². The number of ether oxygens (including phenoxy) is 1. The number of carboxylic acid groups (broad SMARTS) is 1. The summed E-state index contributed by atoms with van der Waals surface area (Å²) in [5.41, 5.74) is 1.42. The van der Waals surface area contributed by atoms with Gasteiger partial charge in [0.15, 0.2) is 0 Å². The van der Waals surface area contributed by atoms with Crippen molar-refractivity contribution in [3.63, 3.8) is 0 Å². The number of hydrogen-bond acceptors (Lipinski definition) is 3. The molecule has 1 saturated heterocycles. The van der Waals surface area contributed by atoms with Gasteiger partial charge in [-0.3, -0.25) is 9.69 Å². The largest absolute Gasteiger partial charge is 0.492 e. The maximum atomic E-state index is 11.1. The summed E-state index contributed by atoms with van der Waals surface area (Å²) in [6.45, 7) is 8.59. The number of aliphatic carboxylic acids is 1. The Hall–Kier alpha value is -1.55. The fourth-order valence-electron chi connectivity index (χ4n) is 2.71. The fourth-order valence-corrected chi connectivity index (χ4v) is 2.71. The highest BCUT2D eigenvalue weighted by molar-refractivity contribution is 5.73. The van der Waals surface area contributed by atoms with Crippen molar-refractivity contribution < 1.29 is 14.6 Å². The molecule has 0 aromatic heterocycles. The maximum Gasteiger partial charge on any atom is 0.320 e. The van der Waals surface area contributed by atoms with Gasteiger partial charge in [0.05, 0.1) is 0 Å². The van der Waals surface area contributed by atoms with Crippen molar-refractivity contribution in [3.8, 4) is 5.75 Å². The molecule has 0 bridgehead atoms. The van der Waals surface area contributed by atoms with E-state index in [9.17, 15) is 4.79 Å². The van der Waals surface area contributed by atoms with Crippen molar-refractivity contribution in [2.75, 3.05) is 19.7 Å². The van der Waals surface area contributed by atoms with Crippen molar-refractivity contribution in [2.45, 2.75) is 45.1 Å². The number of nitrogens with zero attached hydrogens (tertiary/aromatic N) is 1. The van der Waals surface area contributed by atoms with Crippen LogP contribution in [0.2, 0.25) is 0 Å². The van der Waals surface area contributed by atoms with Crippen molar-refractivity contribution in [1.29, 1.82) is 0 Å². The average Bonchev–Trinajstić information content (AvgIpc) is 2.87. The molecule has 1 aliphatic rings. The van der Waals surface area contributed by atoms with Crippen LogP contribution >= 0.6 is 0 Å². The van der Waals surface area contributed by atoms with Gasteiger partial charge in [-0.1, -0.05) is 32.9 Å². The molecular weight excluding hydrogens is 266 g/mol. The Morgan fingerprint density at radius 3 is 2.57 bits per heavy atom. The van der Waals surface area contributed by atoms with E-state index in [0.29, 0.717) is 13.2 Å². The third kappa shape index (κ3) is 4.21. The molecule has 0 radical (unpaired) electrons. The predicted molar refractivity (Wildman–Crippen MR) is 82.9 cm³/mol. The molecule has 1 unspecified atom stereocenters. The first-order valence-electron chi connectivity index (χ1n) is 7.58. The monoisotopic (exact) mass is 291 g/mol. The molecule has 0 spiro atoms. The Morgan fingerprint density at radius 1 is 1.33 bits per heavy atom. The maximum absolute atomic E-state index is 11.1. The zero-order chi connectivity index (χ0) is 15.5. The van der Waals surface area contributed by atoms with Gasteiger partial charge in [-0.15, -0.1) is 0 Å². The summed E-state index contributed by atoms with van der Waals surface area (Å²) in [5, 5.41) is 9.12. The minimum absolute atomic E-state index is 0.142. The van der Waals surface area contributed by atoms with Crippen molar-refractivity contribution in [3.05, 3.63) is 29.8 Å². The zero-order valence-electron chi connectivity index (χ0n) is 13.1. The lowest BCUT2D eigenvalue weighted by Crippen LogP contribution is -2.38. The minimum Gasteiger partial charge on any atom is -0.492 e. The second-order valence-corrected chi connectivity index (χ2v) is 6.66. The van der Waals surface area contributed by atoms with Gasteiger partial charge in [-0.25, -0.2) is 0 Å². The van der Waals surface area contributed by atoms with E-state index in [0.717, 1.165) is 25.1 Å². The zero-order valence-corrected chi connectivity index (χ0v) is 13.1. The molecule has 1 aliphatic heterocycles. The van der Waals surface area contributed by atoms with E-state index >= 15 is 0 Å². The second-order valence-electron chi connectivity index (χ2n) is 6.66. The number of rotatable bonds is 5. The van der Waals surface area contributed by atoms with E-state index in [1.54, 1.807) is 0 Å². The number of carbonyl (C=O) groups is 1. The lowest BCUT2D eigenvalue weighted by Gasteiger charge is -2.21. The average molecular weight is 291 g/mol. The van der Waals surface area contributed by atoms with E-state index < -0.39 is 5.97 Å². The van der Waals surface area contributed by atoms with Gasteiger partial charge >= 0.3 is 5.97 Å². The summed E-state index contributed by atoms with van der Waals surface area (Å²) in [6, 6.07) is 7.81. The van der Waals surface area contributed by atoms with Crippen LogP contribution in [0.4, 0.5) is 0 Å². The van der Waals surface area contributed by atoms with Gasteiger partial charge < -0.3 is 9.84 Å². The Bertz CT molecular complexity index is 476. The molecule has 0 amide bonds. The van der Waals surface area contributed by atoms with Crippen LogP contribution in [0, 0.1) is 0 Å². The first kappa shape index (κ1) is 15.8. The van der Waals surface area contributed by atoms with E-state index in [1.807, 2.05) is 17.0 Å². The first-order chi connectivity index (χ1) is 9.88. The van der Waals surface area contributed by atoms with E-state index in [-0.39, 0.29) is 11.5 Å². The van der Waals surface area contributed by atoms with E-state index in [4.69, 9.17) is 9.84 Å². The SMILES string of the molecule is CC(C)(C)c1ccc(OCCN2CCCC2C(=O)O)cc1. The van der Waals surface area contributed by atoms with E-state index in [2.05, 4.69) is 32.9 Å². The van der Waals surface area contributed by atoms with Crippen LogP contribution in [-0.2, 0) is 10.2 Å². The lowest BCUT2D eigenvalue weighted by atomic mass is 9.87. The summed E-state index contributed by atoms with van der Waals surface area (Å²) in [6.07, 6.45) is 1.70. The molecule has 1 atom stereocenters. The molecule has 21 heavy (non-hydrogen) atoms. The summed E-state index contributed by atoms with van der Waals surface area (Å²) in [5.74, 6) is 0.121. The molecule has 0 saturated carbocycles. The van der Waals surface area contributed by atoms with Gasteiger partial charge in [0.1, 0.15) is 18.4 Å². The molecular formula is C17H25NO3. The summed E-state index contributed by atoms with van der Waals surface area (Å²) >= 11 is 0. The Morgan fingerprint density at radius 2 is 2.00 bits per heavy atom. The smallest absolute Gasteiger partial charge is 0.320 e. The first-order valence-corrected chi connectivity index (χ1v) is 7.58. The van der Waals surface area contributed by atoms with Crippen molar-refractivity contribution in [1.82, 2.24) is 4.90 Å². The third-order valence-corrected chi connectivity index (χ3v) is 4.02. The Labute approximate surface area is 126 Å². The standard InChI is InChI=1S/C17H25NO3/c1-17(2,3)13-6-8-14(9-7-13)21-12-11-18-10-4-5-15(18)16(19)20/h6-9,15H,4-5,10-12H2,1-3H3,(H,19,20). The molecule has 2 rings (SSSR count). The molecule has 1 fully saturated rings. The highest BCUT2D eigenvalue weighted by atomic mass is 16.5. The number of hydrogen-bond donors (Lipinski definition) is 1. The minimum atomic E-state index is -0.720. The quantitative estimate of drug-likeness (QED) is 0.906. The number of benzene rings is 1. The molecule has 0 aliphatic carbocycles. The fraction of sp³-hybridized carbons (Fsp3) is 0.588. The number of carboxylic acids is 1. The van der Waals surface area contributed by atoms with Gasteiger partial charge in [-0.05, 0) is 42.5 Å². The normalized spacial score (nSPS) is 19.7. The number of likely N-dealkylation sites (tertiary alicyclic amines) is 1. The highest BCUT2D eigenvalue weighted by Gasteiger charge is 2.29. The molecule has 1 heterocycles. The Balaban J connectivity index is 1.82. The lowest BCUT2D eigenvalue weighted by molar-refractivity contribution is -0.142. The van der Waals surface area contributed by atoms with Crippen LogP contribution in [0.1, 0.15) is 39.2 Å². The van der Waals surface area contributed by atoms with Gasteiger partial charge in [-0.2, -0.15) is 0 Å². The topological polar surface area (TPSA) is 49.8 Å². The van der Waals surface area contributed by atoms with Crippen molar-refractivity contribution in [2.24, 2.45) is 0 Å². The van der Waals surface area contributed by atoms with Gasteiger partial charge in [0.2, 0.25) is 0 Å². The van der Waals surface area contributed by atoms with Crippen LogP contribution in [0.25, 0.3) is 0 Å². The van der Waals surface area contributed by atoms with Crippen LogP contribution in [0.3, 0.4) is 0 Å². The molecule has 1 aromatic carbocycles. The molecule has 1 aromatic rings. The Kier molecular flexibility index (Phi) is 4.88. The van der Waals surface area contributed by atoms with Crippen molar-refractivity contribution >= 4 is 5.97 Å². The summed E-state index contributed by atoms with van der Waals surface area (Å²) in [4.78, 5) is 13.1. The molecule has 4 nitrogen and oxygen atoms in total. The van der Waals surface area contributed by atoms with Crippen LogP contribution < -0.4 is 4.74 Å². The highest BCUT2D eigenvalue weighted by Crippen LogP contribution is 2.24. The van der Waals surface area contributed by atoms with Crippen LogP contribution in [0.5, 0.6) is 5.75 Å². The molecule has 116 valence electrons. The second kappa shape index (κ2) is 6.48. The molecule has 4 heteroatoms. The summed E-state index contributed by atoms with van der Waals surface area (Å²) < 4.78 is 5.73. The molecule has 1 N–H and O–H groups in total. The van der Waals surface area contributed by atoms with Gasteiger partial charge in [0, 0.05) is 6.54 Å². The van der Waals surface area contributed by atoms with E-state index in [1.165, 1.54) is 5.56 Å². The van der Waals surface area contributed by atoms with Crippen LogP contribution in [0.15, 0.2) is 24.3 Å². The third-order valence-electron chi connectivity index (χ3n) is 4.02.